The zero-order chi connectivity index (χ0) is 17.5. The van der Waals surface area contributed by atoms with E-state index in [0.717, 1.165) is 19.1 Å². The SMILES string of the molecule is CC(n1nc(-c2ccc(Br)c(F)c2F)c(C#N)c1N)C(F)(F)F. The molecular weight excluding hydrogens is 387 g/mol. The Bertz CT molecular complexity index is 806. The monoisotopic (exact) mass is 394 g/mol. The Kier molecular flexibility index (Phi) is 4.34. The number of nitrogens with two attached hydrogens (primary N) is 1. The Morgan fingerprint density at radius 1 is 1.30 bits per heavy atom. The van der Waals surface area contributed by atoms with Gasteiger partial charge in [-0.3, -0.25) is 0 Å². The van der Waals surface area contributed by atoms with Gasteiger partial charge in [0, 0.05) is 5.56 Å². The van der Waals surface area contributed by atoms with Crippen LogP contribution in [0.5, 0.6) is 0 Å². The van der Waals surface area contributed by atoms with Crippen LogP contribution in [-0.2, 0) is 0 Å². The molecule has 2 N–H and O–H groups in total. The lowest BCUT2D eigenvalue weighted by Crippen LogP contribution is -2.25. The number of nitriles is 1. The highest BCUT2D eigenvalue weighted by molar-refractivity contribution is 9.10. The van der Waals surface area contributed by atoms with Gasteiger partial charge in [-0.05, 0) is 35.0 Å². The molecule has 23 heavy (non-hydrogen) atoms. The molecule has 2 aromatic rings. The van der Waals surface area contributed by atoms with Crippen LogP contribution in [0.25, 0.3) is 11.3 Å². The van der Waals surface area contributed by atoms with Crippen molar-refractivity contribution in [3.63, 3.8) is 0 Å². The van der Waals surface area contributed by atoms with Gasteiger partial charge in [0.25, 0.3) is 0 Å². The maximum Gasteiger partial charge on any atom is 0.410 e. The number of benzene rings is 1. The van der Waals surface area contributed by atoms with Crippen LogP contribution in [0.1, 0.15) is 18.5 Å². The molecule has 0 aliphatic carbocycles. The van der Waals surface area contributed by atoms with Crippen LogP contribution >= 0.6 is 15.9 Å². The lowest BCUT2D eigenvalue weighted by atomic mass is 10.1. The Morgan fingerprint density at radius 2 is 1.91 bits per heavy atom. The van der Waals surface area contributed by atoms with E-state index in [-0.39, 0.29) is 4.47 Å². The lowest BCUT2D eigenvalue weighted by Gasteiger charge is -2.17. The molecule has 1 unspecified atom stereocenters. The Morgan fingerprint density at radius 3 is 2.43 bits per heavy atom. The van der Waals surface area contributed by atoms with Crippen molar-refractivity contribution >= 4 is 21.7 Å². The van der Waals surface area contributed by atoms with E-state index in [2.05, 4.69) is 21.0 Å². The molecule has 10 heteroatoms. The molecule has 0 radical (unpaired) electrons. The third-order valence-electron chi connectivity index (χ3n) is 3.19. The molecule has 1 atom stereocenters. The van der Waals surface area contributed by atoms with Gasteiger partial charge in [-0.15, -0.1) is 0 Å². The molecule has 0 bridgehead atoms. The maximum absolute atomic E-state index is 14.0. The highest BCUT2D eigenvalue weighted by atomic mass is 79.9. The third-order valence-corrected chi connectivity index (χ3v) is 3.80. The van der Waals surface area contributed by atoms with Gasteiger partial charge in [0.05, 0.1) is 4.47 Å². The molecule has 2 rings (SSSR count). The number of halogens is 6. The first-order valence-electron chi connectivity index (χ1n) is 6.08. The normalized spacial score (nSPS) is 13.0. The van der Waals surface area contributed by atoms with Gasteiger partial charge >= 0.3 is 6.18 Å². The number of rotatable bonds is 2. The average molecular weight is 395 g/mol. The van der Waals surface area contributed by atoms with E-state index in [4.69, 9.17) is 11.0 Å². The summed E-state index contributed by atoms with van der Waals surface area (Å²) >= 11 is 2.78. The van der Waals surface area contributed by atoms with Gasteiger partial charge in [-0.2, -0.15) is 23.5 Å². The number of nitrogen functional groups attached to an aromatic ring is 1. The van der Waals surface area contributed by atoms with E-state index in [1.165, 1.54) is 0 Å². The molecule has 122 valence electrons. The summed E-state index contributed by atoms with van der Waals surface area (Å²) in [7, 11) is 0. The molecule has 0 aliphatic rings. The fourth-order valence-electron chi connectivity index (χ4n) is 1.89. The van der Waals surface area contributed by atoms with Gasteiger partial charge in [-0.1, -0.05) is 0 Å². The number of hydrogen-bond acceptors (Lipinski definition) is 3. The van der Waals surface area contributed by atoms with Crippen LogP contribution in [-0.4, -0.2) is 16.0 Å². The molecular formula is C13H8BrF5N4. The fourth-order valence-corrected chi connectivity index (χ4v) is 2.20. The van der Waals surface area contributed by atoms with E-state index < -0.39 is 46.5 Å². The van der Waals surface area contributed by atoms with Crippen molar-refractivity contribution in [1.29, 1.82) is 5.26 Å². The third kappa shape index (κ3) is 2.88. The number of nitrogens with zero attached hydrogens (tertiary/aromatic N) is 3. The van der Waals surface area contributed by atoms with Crippen LogP contribution in [0.4, 0.5) is 27.8 Å². The molecule has 1 aromatic heterocycles. The summed E-state index contributed by atoms with van der Waals surface area (Å²) in [6, 6.07) is 1.68. The standard InChI is InChI=1S/C13H8BrF5N4/c1-5(13(17,18)19)23-12(21)7(4-20)11(22-23)6-2-3-8(14)10(16)9(6)15/h2-3,5H,21H2,1H3. The molecule has 0 spiro atoms. The second-order valence-electron chi connectivity index (χ2n) is 4.61. The number of aromatic nitrogens is 2. The summed E-state index contributed by atoms with van der Waals surface area (Å²) in [6.07, 6.45) is -4.67. The molecule has 0 amide bonds. The minimum atomic E-state index is -4.67. The van der Waals surface area contributed by atoms with Crippen LogP contribution in [0.15, 0.2) is 16.6 Å². The fraction of sp³-hybridized carbons (Fsp3) is 0.231. The Hall–Kier alpha value is -2.15. The minimum absolute atomic E-state index is 0.173. The molecule has 0 fully saturated rings. The van der Waals surface area contributed by atoms with E-state index >= 15 is 0 Å². The highest BCUT2D eigenvalue weighted by Crippen LogP contribution is 2.37. The molecule has 1 aromatic carbocycles. The molecule has 0 saturated heterocycles. The zero-order valence-corrected chi connectivity index (χ0v) is 13.0. The molecule has 1 heterocycles. The smallest absolute Gasteiger partial charge is 0.383 e. The van der Waals surface area contributed by atoms with E-state index in [0.29, 0.717) is 4.68 Å². The van der Waals surface area contributed by atoms with Crippen molar-refractivity contribution in [3.05, 3.63) is 33.8 Å². The van der Waals surface area contributed by atoms with Crippen molar-refractivity contribution in [3.8, 4) is 17.3 Å². The summed E-state index contributed by atoms with van der Waals surface area (Å²) in [4.78, 5) is 0. The summed E-state index contributed by atoms with van der Waals surface area (Å²) in [5.41, 5.74) is 4.15. The summed E-state index contributed by atoms with van der Waals surface area (Å²) < 4.78 is 66.3. The van der Waals surface area contributed by atoms with Crippen LogP contribution in [0, 0.1) is 23.0 Å². The topological polar surface area (TPSA) is 67.6 Å². The molecule has 0 aliphatic heterocycles. The Balaban J connectivity index is 2.71. The Labute approximate surface area is 135 Å². The van der Waals surface area contributed by atoms with Gasteiger partial charge in [0.2, 0.25) is 0 Å². The van der Waals surface area contributed by atoms with Crippen LogP contribution in [0.3, 0.4) is 0 Å². The minimum Gasteiger partial charge on any atom is -0.383 e. The average Bonchev–Trinajstić information content (AvgIpc) is 2.79. The predicted octanol–water partition coefficient (Wildman–Crippen LogP) is 4.17. The quantitative estimate of drug-likeness (QED) is 0.613. The predicted molar refractivity (Wildman–Crippen MR) is 75.2 cm³/mol. The summed E-state index contributed by atoms with van der Waals surface area (Å²) in [5, 5.41) is 12.7. The first kappa shape index (κ1) is 17.2. The highest BCUT2D eigenvalue weighted by Gasteiger charge is 2.40. The van der Waals surface area contributed by atoms with Gasteiger partial charge < -0.3 is 5.73 Å². The van der Waals surface area contributed by atoms with Crippen molar-refractivity contribution in [1.82, 2.24) is 9.78 Å². The van der Waals surface area contributed by atoms with E-state index in [9.17, 15) is 22.0 Å². The zero-order valence-electron chi connectivity index (χ0n) is 11.4. The number of anilines is 1. The number of hydrogen-bond donors (Lipinski definition) is 1. The van der Waals surface area contributed by atoms with Gasteiger partial charge in [-0.25, -0.2) is 13.5 Å². The van der Waals surface area contributed by atoms with Gasteiger partial charge in [0.1, 0.15) is 29.2 Å². The first-order valence-corrected chi connectivity index (χ1v) is 6.87. The van der Waals surface area contributed by atoms with Crippen molar-refractivity contribution in [2.75, 3.05) is 5.73 Å². The largest absolute Gasteiger partial charge is 0.410 e. The van der Waals surface area contributed by atoms with Gasteiger partial charge in [0.15, 0.2) is 11.6 Å². The second-order valence-corrected chi connectivity index (χ2v) is 5.46. The van der Waals surface area contributed by atoms with Crippen LogP contribution < -0.4 is 5.73 Å². The maximum atomic E-state index is 14.0. The van der Waals surface area contributed by atoms with Crippen molar-refractivity contribution < 1.29 is 22.0 Å². The van der Waals surface area contributed by atoms with E-state index in [1.807, 2.05) is 0 Å². The van der Waals surface area contributed by atoms with Crippen molar-refractivity contribution in [2.24, 2.45) is 0 Å². The molecule has 4 nitrogen and oxygen atoms in total. The summed E-state index contributed by atoms with van der Waals surface area (Å²) in [5.74, 6) is -3.17. The lowest BCUT2D eigenvalue weighted by molar-refractivity contribution is -0.164. The first-order chi connectivity index (χ1) is 10.6. The molecule has 0 saturated carbocycles. The van der Waals surface area contributed by atoms with Crippen LogP contribution in [0.2, 0.25) is 0 Å². The van der Waals surface area contributed by atoms with E-state index in [1.54, 1.807) is 6.07 Å². The number of alkyl halides is 3. The summed E-state index contributed by atoms with van der Waals surface area (Å²) in [6.45, 7) is 0.785. The van der Waals surface area contributed by atoms with Crippen molar-refractivity contribution in [2.45, 2.75) is 19.1 Å². The second kappa shape index (κ2) is 5.81.